The third kappa shape index (κ3) is 7.49. The van der Waals surface area contributed by atoms with Crippen molar-refractivity contribution in [2.24, 2.45) is 5.92 Å². The first-order valence-corrected chi connectivity index (χ1v) is 9.90. The molecule has 1 aromatic rings. The van der Waals surface area contributed by atoms with E-state index in [1.54, 1.807) is 37.5 Å². The molecule has 1 saturated heterocycles. The Morgan fingerprint density at radius 3 is 2.89 bits per heavy atom. The van der Waals surface area contributed by atoms with Crippen LogP contribution in [-0.4, -0.2) is 38.3 Å². The molecule has 148 valence electrons. The van der Waals surface area contributed by atoms with E-state index >= 15 is 0 Å². The summed E-state index contributed by atoms with van der Waals surface area (Å²) >= 11 is 5.91. The lowest BCUT2D eigenvalue weighted by molar-refractivity contribution is -0.116. The smallest absolute Gasteiger partial charge is 0.192 e. The maximum atomic E-state index is 12.1. The van der Waals surface area contributed by atoms with Crippen LogP contribution in [0.1, 0.15) is 32.6 Å². The summed E-state index contributed by atoms with van der Waals surface area (Å²) in [5.74, 6) is 0.720. The summed E-state index contributed by atoms with van der Waals surface area (Å²) in [6.45, 7) is 2.70. The van der Waals surface area contributed by atoms with Crippen LogP contribution in [0.3, 0.4) is 0 Å². The summed E-state index contributed by atoms with van der Waals surface area (Å²) in [6, 6.07) is 7.00. The normalized spacial score (nSPS) is 22.7. The van der Waals surface area contributed by atoms with Gasteiger partial charge < -0.3 is 14.2 Å². The van der Waals surface area contributed by atoms with Crippen molar-refractivity contribution < 1.29 is 19.0 Å². The van der Waals surface area contributed by atoms with Crippen LogP contribution in [0.4, 0.5) is 0 Å². The van der Waals surface area contributed by atoms with Crippen LogP contribution in [0.15, 0.2) is 48.6 Å². The second kappa shape index (κ2) is 12.0. The predicted octanol–water partition coefficient (Wildman–Crippen LogP) is 5.01. The van der Waals surface area contributed by atoms with Crippen LogP contribution in [0.25, 0.3) is 0 Å². The molecule has 1 fully saturated rings. The van der Waals surface area contributed by atoms with Crippen LogP contribution in [-0.2, 0) is 14.3 Å². The maximum Gasteiger partial charge on any atom is 0.192 e. The van der Waals surface area contributed by atoms with Crippen LogP contribution in [0.2, 0.25) is 5.02 Å². The van der Waals surface area contributed by atoms with Crippen LogP contribution in [0.5, 0.6) is 5.75 Å². The molecule has 1 aliphatic heterocycles. The molecule has 1 aliphatic rings. The molecular formula is C22H29ClO4. The van der Waals surface area contributed by atoms with E-state index in [-0.39, 0.29) is 30.5 Å². The standard InChI is InChI=1S/C22H29ClO4/c1-3-4-5-6-7-11-20-21(27-16-22(20)25-2)13-12-18(24)15-26-19-10-8-9-17(23)14-19/h5-6,8-10,12-14,20-22H,3-4,7,11,15-16H2,1-2H3/b6-5-,13-12+/t20-,21-,22?/m1/s1. The van der Waals surface area contributed by atoms with Gasteiger partial charge in [0.1, 0.15) is 5.75 Å². The number of allylic oxidation sites excluding steroid dienone is 2. The Kier molecular flexibility index (Phi) is 9.60. The van der Waals surface area contributed by atoms with Crippen LogP contribution < -0.4 is 4.74 Å². The highest BCUT2D eigenvalue weighted by molar-refractivity contribution is 6.30. The number of benzene rings is 1. The van der Waals surface area contributed by atoms with Crippen LogP contribution in [0, 0.1) is 5.92 Å². The van der Waals surface area contributed by atoms with Crippen molar-refractivity contribution in [2.75, 3.05) is 20.3 Å². The summed E-state index contributed by atoms with van der Waals surface area (Å²) in [5.41, 5.74) is 0. The number of carbonyl (C=O) groups excluding carboxylic acids is 1. The Hall–Kier alpha value is -1.62. The largest absolute Gasteiger partial charge is 0.485 e. The number of methoxy groups -OCH3 is 1. The van der Waals surface area contributed by atoms with Crippen molar-refractivity contribution >= 4 is 17.4 Å². The topological polar surface area (TPSA) is 44.8 Å². The van der Waals surface area contributed by atoms with E-state index in [1.165, 1.54) is 0 Å². The molecule has 0 bridgehead atoms. The number of ketones is 1. The van der Waals surface area contributed by atoms with Gasteiger partial charge in [-0.3, -0.25) is 4.79 Å². The van der Waals surface area contributed by atoms with E-state index in [2.05, 4.69) is 19.1 Å². The molecule has 0 amide bonds. The minimum absolute atomic E-state index is 0.0261. The van der Waals surface area contributed by atoms with Gasteiger partial charge in [0.25, 0.3) is 0 Å². The SMILES string of the molecule is CCC/C=C\CC[C@H]1C(OC)CO[C@@H]1/C=C/C(=O)COc1cccc(Cl)c1. The second-order valence-corrected chi connectivity index (χ2v) is 7.08. The zero-order chi connectivity index (χ0) is 19.5. The highest BCUT2D eigenvalue weighted by Gasteiger charge is 2.35. The molecule has 1 heterocycles. The first-order chi connectivity index (χ1) is 13.1. The lowest BCUT2D eigenvalue weighted by atomic mass is 9.93. The molecule has 0 aliphatic carbocycles. The van der Waals surface area contributed by atoms with Gasteiger partial charge in [-0.2, -0.15) is 0 Å². The summed E-state index contributed by atoms with van der Waals surface area (Å²) < 4.78 is 16.9. The fourth-order valence-electron chi connectivity index (χ4n) is 3.11. The lowest BCUT2D eigenvalue weighted by Crippen LogP contribution is -2.24. The number of carbonyl (C=O) groups is 1. The number of hydrogen-bond acceptors (Lipinski definition) is 4. The third-order valence-electron chi connectivity index (χ3n) is 4.59. The molecular weight excluding hydrogens is 364 g/mol. The van der Waals surface area contributed by atoms with Gasteiger partial charge in [-0.1, -0.05) is 49.2 Å². The third-order valence-corrected chi connectivity index (χ3v) is 4.83. The zero-order valence-corrected chi connectivity index (χ0v) is 16.9. The lowest BCUT2D eigenvalue weighted by Gasteiger charge is -2.19. The van der Waals surface area contributed by atoms with Gasteiger partial charge in [-0.15, -0.1) is 0 Å². The van der Waals surface area contributed by atoms with E-state index in [1.807, 2.05) is 6.08 Å². The highest BCUT2D eigenvalue weighted by atomic mass is 35.5. The van der Waals surface area contributed by atoms with Gasteiger partial charge in [-0.05, 0) is 43.5 Å². The Bertz CT molecular complexity index is 641. The molecule has 0 spiro atoms. The summed E-state index contributed by atoms with van der Waals surface area (Å²) in [6.07, 6.45) is 12.0. The van der Waals surface area contributed by atoms with Gasteiger partial charge in [-0.25, -0.2) is 0 Å². The highest BCUT2D eigenvalue weighted by Crippen LogP contribution is 2.29. The van der Waals surface area contributed by atoms with Crippen molar-refractivity contribution in [1.29, 1.82) is 0 Å². The Labute approximate surface area is 167 Å². The summed E-state index contributed by atoms with van der Waals surface area (Å²) in [5, 5.41) is 0.580. The Balaban J connectivity index is 1.84. The fraction of sp³-hybridized carbons (Fsp3) is 0.500. The van der Waals surface area contributed by atoms with Gasteiger partial charge >= 0.3 is 0 Å². The van der Waals surface area contributed by atoms with Crippen molar-refractivity contribution in [3.8, 4) is 5.75 Å². The Morgan fingerprint density at radius 2 is 2.15 bits per heavy atom. The van der Waals surface area contributed by atoms with Crippen LogP contribution >= 0.6 is 11.6 Å². The molecule has 0 radical (unpaired) electrons. The van der Waals surface area contributed by atoms with Gasteiger partial charge in [0.2, 0.25) is 0 Å². The van der Waals surface area contributed by atoms with Gasteiger partial charge in [0, 0.05) is 18.1 Å². The molecule has 0 aromatic heterocycles. The average molecular weight is 393 g/mol. The minimum Gasteiger partial charge on any atom is -0.485 e. The quantitative estimate of drug-likeness (QED) is 0.392. The predicted molar refractivity (Wildman–Crippen MR) is 108 cm³/mol. The number of ether oxygens (including phenoxy) is 3. The number of rotatable bonds is 11. The van der Waals surface area contributed by atoms with Gasteiger partial charge in [0.05, 0.1) is 18.8 Å². The van der Waals surface area contributed by atoms with E-state index in [9.17, 15) is 4.79 Å². The number of unbranched alkanes of at least 4 members (excludes halogenated alkanes) is 1. The molecule has 0 N–H and O–H groups in total. The van der Waals surface area contributed by atoms with E-state index in [0.29, 0.717) is 17.4 Å². The molecule has 4 nitrogen and oxygen atoms in total. The van der Waals surface area contributed by atoms with E-state index in [0.717, 1.165) is 25.7 Å². The monoisotopic (exact) mass is 392 g/mol. The molecule has 27 heavy (non-hydrogen) atoms. The molecule has 0 saturated carbocycles. The van der Waals surface area contributed by atoms with Crippen molar-refractivity contribution in [3.05, 3.63) is 53.6 Å². The van der Waals surface area contributed by atoms with E-state index < -0.39 is 0 Å². The van der Waals surface area contributed by atoms with Gasteiger partial charge in [0.15, 0.2) is 12.4 Å². The molecule has 3 atom stereocenters. The molecule has 5 heteroatoms. The molecule has 1 aromatic carbocycles. The fourth-order valence-corrected chi connectivity index (χ4v) is 3.29. The number of hydrogen-bond donors (Lipinski definition) is 0. The van der Waals surface area contributed by atoms with Crippen molar-refractivity contribution in [3.63, 3.8) is 0 Å². The second-order valence-electron chi connectivity index (χ2n) is 6.64. The zero-order valence-electron chi connectivity index (χ0n) is 16.1. The minimum atomic E-state index is -0.110. The Morgan fingerprint density at radius 1 is 1.33 bits per heavy atom. The van der Waals surface area contributed by atoms with E-state index in [4.69, 9.17) is 25.8 Å². The van der Waals surface area contributed by atoms with Crippen molar-refractivity contribution in [2.45, 2.75) is 44.8 Å². The molecule has 2 rings (SSSR count). The first kappa shape index (κ1) is 21.7. The average Bonchev–Trinajstić information content (AvgIpc) is 3.06. The first-order valence-electron chi connectivity index (χ1n) is 9.52. The summed E-state index contributed by atoms with van der Waals surface area (Å²) in [7, 11) is 1.71. The number of halogens is 1. The molecule has 1 unspecified atom stereocenters. The summed E-state index contributed by atoms with van der Waals surface area (Å²) in [4.78, 5) is 12.1. The maximum absolute atomic E-state index is 12.1. The van der Waals surface area contributed by atoms with Crippen molar-refractivity contribution in [1.82, 2.24) is 0 Å².